The van der Waals surface area contributed by atoms with E-state index in [0.717, 1.165) is 0 Å². The average Bonchev–Trinajstić information content (AvgIpc) is 2.75. The van der Waals surface area contributed by atoms with Crippen LogP contribution in [0.15, 0.2) is 16.5 Å². The Morgan fingerprint density at radius 3 is 2.50 bits per heavy atom. The maximum Gasteiger partial charge on any atom is 0.371 e. The first-order chi connectivity index (χ1) is 8.47. The zero-order valence-electron chi connectivity index (χ0n) is 9.67. The Bertz CT molecular complexity index is 491. The van der Waals surface area contributed by atoms with E-state index in [1.807, 2.05) is 0 Å². The van der Waals surface area contributed by atoms with Crippen molar-refractivity contribution in [1.29, 1.82) is 0 Å². The number of carboxylic acid groups (broad SMARTS) is 1. The number of hydrogen-bond acceptors (Lipinski definition) is 5. The highest BCUT2D eigenvalue weighted by atomic mass is 16.4. The third-order valence-corrected chi connectivity index (χ3v) is 2.77. The van der Waals surface area contributed by atoms with Gasteiger partial charge in [0, 0.05) is 0 Å². The summed E-state index contributed by atoms with van der Waals surface area (Å²) in [5, 5.41) is 10.9. The summed E-state index contributed by atoms with van der Waals surface area (Å²) in [6.45, 7) is 1.91. The van der Waals surface area contributed by atoms with Crippen LogP contribution in [-0.2, 0) is 9.59 Å². The minimum Gasteiger partial charge on any atom is -0.475 e. The van der Waals surface area contributed by atoms with E-state index in [9.17, 15) is 14.4 Å². The van der Waals surface area contributed by atoms with Gasteiger partial charge in [0.05, 0.1) is 19.1 Å². The third-order valence-electron chi connectivity index (χ3n) is 2.77. The van der Waals surface area contributed by atoms with Crippen molar-refractivity contribution in [1.82, 2.24) is 10.2 Å². The summed E-state index contributed by atoms with van der Waals surface area (Å²) in [5.41, 5.74) is 0. The molecular weight excluding hydrogens is 240 g/mol. The highest BCUT2D eigenvalue weighted by molar-refractivity contribution is 5.99. The lowest BCUT2D eigenvalue weighted by Gasteiger charge is -2.29. The number of piperazine rings is 1. The second-order valence-corrected chi connectivity index (χ2v) is 4.06. The van der Waals surface area contributed by atoms with Crippen molar-refractivity contribution in [3.63, 3.8) is 0 Å². The van der Waals surface area contributed by atoms with Crippen LogP contribution < -0.4 is 5.32 Å². The molecule has 7 heteroatoms. The Balaban J connectivity index is 2.14. The molecule has 1 atom stereocenters. The molecule has 1 aromatic rings. The van der Waals surface area contributed by atoms with Gasteiger partial charge in [0.15, 0.2) is 0 Å². The first kappa shape index (κ1) is 12.3. The molecule has 0 radical (unpaired) electrons. The van der Waals surface area contributed by atoms with Crippen molar-refractivity contribution in [2.45, 2.75) is 13.0 Å². The zero-order chi connectivity index (χ0) is 13.3. The van der Waals surface area contributed by atoms with Crippen LogP contribution in [0.5, 0.6) is 0 Å². The van der Waals surface area contributed by atoms with Crippen molar-refractivity contribution in [3.8, 4) is 0 Å². The Morgan fingerprint density at radius 2 is 2.00 bits per heavy atom. The average molecular weight is 252 g/mol. The summed E-state index contributed by atoms with van der Waals surface area (Å²) in [5.74, 6) is -1.65. The molecule has 96 valence electrons. The molecule has 2 heterocycles. The van der Waals surface area contributed by atoms with Crippen LogP contribution in [0.4, 0.5) is 0 Å². The van der Waals surface area contributed by atoms with Crippen LogP contribution in [0.25, 0.3) is 0 Å². The number of furan rings is 1. The molecule has 1 aromatic heterocycles. The molecule has 7 nitrogen and oxygen atoms in total. The van der Waals surface area contributed by atoms with E-state index in [1.165, 1.54) is 12.1 Å². The van der Waals surface area contributed by atoms with E-state index in [1.54, 1.807) is 11.8 Å². The fourth-order valence-corrected chi connectivity index (χ4v) is 1.81. The number of nitrogens with zero attached hydrogens (tertiary/aromatic N) is 1. The van der Waals surface area contributed by atoms with Crippen molar-refractivity contribution < 1.29 is 23.9 Å². The topological polar surface area (TPSA) is 99.8 Å². The molecule has 1 unspecified atom stereocenters. The molecule has 0 bridgehead atoms. The van der Waals surface area contributed by atoms with Gasteiger partial charge in [-0.3, -0.25) is 19.8 Å². The van der Waals surface area contributed by atoms with Crippen molar-refractivity contribution in [2.24, 2.45) is 0 Å². The minimum atomic E-state index is -1.15. The number of imide groups is 1. The number of rotatable bonds is 3. The highest BCUT2D eigenvalue weighted by Gasteiger charge is 2.28. The molecule has 1 saturated heterocycles. The molecule has 2 rings (SSSR count). The maximum atomic E-state index is 11.2. The lowest BCUT2D eigenvalue weighted by atomic mass is 10.2. The Morgan fingerprint density at radius 1 is 1.39 bits per heavy atom. The number of amides is 2. The van der Waals surface area contributed by atoms with Crippen LogP contribution in [0.2, 0.25) is 0 Å². The van der Waals surface area contributed by atoms with Crippen LogP contribution in [0.1, 0.15) is 29.3 Å². The minimum absolute atomic E-state index is 0.0794. The summed E-state index contributed by atoms with van der Waals surface area (Å²) < 4.78 is 5.15. The van der Waals surface area contributed by atoms with E-state index < -0.39 is 5.97 Å². The summed E-state index contributed by atoms with van der Waals surface area (Å²) >= 11 is 0. The molecule has 1 aliphatic heterocycles. The van der Waals surface area contributed by atoms with E-state index in [2.05, 4.69) is 5.32 Å². The van der Waals surface area contributed by atoms with Crippen LogP contribution in [0, 0.1) is 0 Å². The van der Waals surface area contributed by atoms with Gasteiger partial charge in [0.2, 0.25) is 17.6 Å². The van der Waals surface area contributed by atoms with Gasteiger partial charge in [0.1, 0.15) is 5.76 Å². The van der Waals surface area contributed by atoms with Gasteiger partial charge in [0.25, 0.3) is 0 Å². The van der Waals surface area contributed by atoms with Gasteiger partial charge < -0.3 is 9.52 Å². The van der Waals surface area contributed by atoms with Gasteiger partial charge in [-0.25, -0.2) is 4.79 Å². The first-order valence-corrected chi connectivity index (χ1v) is 5.37. The van der Waals surface area contributed by atoms with Gasteiger partial charge in [-0.15, -0.1) is 0 Å². The number of carbonyl (C=O) groups is 3. The highest BCUT2D eigenvalue weighted by Crippen LogP contribution is 2.22. The predicted octanol–water partition coefficient (Wildman–Crippen LogP) is -0.00280. The van der Waals surface area contributed by atoms with E-state index in [4.69, 9.17) is 9.52 Å². The molecule has 0 saturated carbocycles. The van der Waals surface area contributed by atoms with Crippen LogP contribution in [0.3, 0.4) is 0 Å². The summed E-state index contributed by atoms with van der Waals surface area (Å²) in [6, 6.07) is 2.54. The first-order valence-electron chi connectivity index (χ1n) is 5.37. The zero-order valence-corrected chi connectivity index (χ0v) is 9.67. The summed E-state index contributed by atoms with van der Waals surface area (Å²) in [4.78, 5) is 34.8. The molecule has 1 fully saturated rings. The normalized spacial score (nSPS) is 18.5. The Hall–Kier alpha value is -2.15. The molecule has 2 N–H and O–H groups in total. The molecule has 2 amide bonds. The number of nitrogens with one attached hydrogen (secondary N) is 1. The summed E-state index contributed by atoms with van der Waals surface area (Å²) in [7, 11) is 0. The maximum absolute atomic E-state index is 11.2. The Labute approximate surface area is 102 Å². The molecule has 0 spiro atoms. The van der Waals surface area contributed by atoms with Crippen LogP contribution in [-0.4, -0.2) is 40.9 Å². The van der Waals surface area contributed by atoms with E-state index in [-0.39, 0.29) is 36.7 Å². The predicted molar refractivity (Wildman–Crippen MR) is 58.8 cm³/mol. The number of carboxylic acids is 1. The molecule has 18 heavy (non-hydrogen) atoms. The molecule has 1 aliphatic rings. The van der Waals surface area contributed by atoms with Gasteiger partial charge in [-0.05, 0) is 19.1 Å². The monoisotopic (exact) mass is 252 g/mol. The fraction of sp³-hybridized carbons (Fsp3) is 0.364. The van der Waals surface area contributed by atoms with E-state index in [0.29, 0.717) is 5.76 Å². The number of hydrogen-bond donors (Lipinski definition) is 2. The SMILES string of the molecule is CC(c1ccc(C(=O)O)o1)N1CC(=O)NC(=O)C1. The quantitative estimate of drug-likeness (QED) is 0.734. The van der Waals surface area contributed by atoms with Crippen LogP contribution >= 0.6 is 0 Å². The van der Waals surface area contributed by atoms with Gasteiger partial charge >= 0.3 is 5.97 Å². The smallest absolute Gasteiger partial charge is 0.371 e. The molecule has 0 aliphatic carbocycles. The number of carbonyl (C=O) groups excluding carboxylic acids is 2. The molecule has 0 aromatic carbocycles. The van der Waals surface area contributed by atoms with Crippen molar-refractivity contribution in [2.75, 3.05) is 13.1 Å². The lowest BCUT2D eigenvalue weighted by Crippen LogP contribution is -2.51. The summed E-state index contributed by atoms with van der Waals surface area (Å²) in [6.07, 6.45) is 0. The van der Waals surface area contributed by atoms with Crippen molar-refractivity contribution >= 4 is 17.8 Å². The standard InChI is InChI=1S/C11H12N2O5/c1-6(7-2-3-8(18-7)11(16)17)13-4-9(14)12-10(15)5-13/h2-3,6H,4-5H2,1H3,(H,16,17)(H,12,14,15). The third kappa shape index (κ3) is 2.40. The largest absolute Gasteiger partial charge is 0.475 e. The van der Waals surface area contributed by atoms with Crippen molar-refractivity contribution in [3.05, 3.63) is 23.7 Å². The Kier molecular flexibility index (Phi) is 3.15. The molecular formula is C11H12N2O5. The lowest BCUT2D eigenvalue weighted by molar-refractivity contribution is -0.137. The van der Waals surface area contributed by atoms with Gasteiger partial charge in [-0.1, -0.05) is 0 Å². The second-order valence-electron chi connectivity index (χ2n) is 4.06. The second kappa shape index (κ2) is 4.61. The van der Waals surface area contributed by atoms with Gasteiger partial charge in [-0.2, -0.15) is 0 Å². The fourth-order valence-electron chi connectivity index (χ4n) is 1.81. The van der Waals surface area contributed by atoms with E-state index >= 15 is 0 Å². The number of aromatic carboxylic acids is 1.